The second-order valence-corrected chi connectivity index (χ2v) is 4.24. The van der Waals surface area contributed by atoms with Crippen LogP contribution in [0.5, 0.6) is 0 Å². The highest BCUT2D eigenvalue weighted by Crippen LogP contribution is 1.94. The highest BCUT2D eigenvalue weighted by Gasteiger charge is 2.14. The van der Waals surface area contributed by atoms with Gasteiger partial charge in [0.25, 0.3) is 11.5 Å². The van der Waals surface area contributed by atoms with Gasteiger partial charge in [-0.2, -0.15) is 5.10 Å². The van der Waals surface area contributed by atoms with Crippen LogP contribution in [0.4, 0.5) is 5.82 Å². The molecule has 4 N–H and O–H groups in total. The Morgan fingerprint density at radius 2 is 2.27 bits per heavy atom. The maximum absolute atomic E-state index is 11.8. The first-order chi connectivity index (χ1) is 10.6. The first kappa shape index (κ1) is 15.1. The number of pyridine rings is 1. The summed E-state index contributed by atoms with van der Waals surface area (Å²) in [5.41, 5.74) is 1.59. The predicted octanol–water partition coefficient (Wildman–Crippen LogP) is -1.20. The molecule has 0 aliphatic heterocycles. The van der Waals surface area contributed by atoms with Crippen molar-refractivity contribution in [3.63, 3.8) is 0 Å². The van der Waals surface area contributed by atoms with E-state index in [1.54, 1.807) is 24.5 Å². The fourth-order valence-corrected chi connectivity index (χ4v) is 1.44. The second kappa shape index (κ2) is 6.92. The number of amides is 1. The van der Waals surface area contributed by atoms with E-state index in [0.29, 0.717) is 0 Å². The van der Waals surface area contributed by atoms with Crippen LogP contribution in [0.25, 0.3) is 0 Å². The van der Waals surface area contributed by atoms with E-state index in [2.05, 4.69) is 31.0 Å². The molecular weight excluding hydrogens is 290 g/mol. The Hall–Kier alpha value is -3.30. The van der Waals surface area contributed by atoms with Crippen LogP contribution in [0.2, 0.25) is 0 Å². The summed E-state index contributed by atoms with van der Waals surface area (Å²) in [5.74, 6) is -0.647. The number of nitrogens with zero attached hydrogens (tertiary/aromatic N) is 3. The zero-order valence-electron chi connectivity index (χ0n) is 11.5. The third-order valence-corrected chi connectivity index (χ3v) is 2.53. The quantitative estimate of drug-likeness (QED) is 0.403. The Morgan fingerprint density at radius 3 is 2.95 bits per heavy atom. The predicted molar refractivity (Wildman–Crippen MR) is 78.5 cm³/mol. The van der Waals surface area contributed by atoms with Gasteiger partial charge in [-0.3, -0.25) is 19.6 Å². The van der Waals surface area contributed by atoms with E-state index in [4.69, 9.17) is 0 Å². The van der Waals surface area contributed by atoms with E-state index in [-0.39, 0.29) is 5.82 Å². The van der Waals surface area contributed by atoms with Crippen molar-refractivity contribution in [1.82, 2.24) is 25.6 Å². The Balaban J connectivity index is 1.93. The maximum Gasteiger partial charge on any atom is 0.342 e. The summed E-state index contributed by atoms with van der Waals surface area (Å²) in [7, 11) is 0. The molecule has 2 rings (SSSR count). The van der Waals surface area contributed by atoms with Gasteiger partial charge in [-0.05, 0) is 13.0 Å². The lowest BCUT2D eigenvalue weighted by Gasteiger charge is -2.11. The van der Waals surface area contributed by atoms with E-state index in [9.17, 15) is 14.4 Å². The molecule has 2 aromatic heterocycles. The molecule has 0 spiro atoms. The van der Waals surface area contributed by atoms with Gasteiger partial charge in [0, 0.05) is 18.0 Å². The number of carbonyl (C=O) groups excluding carboxylic acids is 1. The molecule has 0 bridgehead atoms. The number of rotatable bonds is 5. The molecule has 0 aromatic carbocycles. The summed E-state index contributed by atoms with van der Waals surface area (Å²) in [6.45, 7) is 1.52. The van der Waals surface area contributed by atoms with Crippen molar-refractivity contribution in [2.45, 2.75) is 13.0 Å². The molecule has 22 heavy (non-hydrogen) atoms. The number of carbonyl (C=O) groups is 1. The number of aromatic nitrogens is 4. The highest BCUT2D eigenvalue weighted by molar-refractivity contribution is 5.86. The lowest BCUT2D eigenvalue weighted by Crippen LogP contribution is -2.38. The average molecular weight is 303 g/mol. The average Bonchev–Trinajstić information content (AvgIpc) is 2.51. The summed E-state index contributed by atoms with van der Waals surface area (Å²) >= 11 is 0. The molecule has 0 aliphatic carbocycles. The van der Waals surface area contributed by atoms with Crippen LogP contribution in [0.1, 0.15) is 12.5 Å². The normalized spacial score (nSPS) is 12.0. The Kier molecular flexibility index (Phi) is 4.75. The van der Waals surface area contributed by atoms with E-state index in [1.165, 1.54) is 13.1 Å². The van der Waals surface area contributed by atoms with Gasteiger partial charge >= 0.3 is 5.69 Å². The monoisotopic (exact) mass is 303 g/mol. The van der Waals surface area contributed by atoms with Crippen LogP contribution in [-0.2, 0) is 4.79 Å². The van der Waals surface area contributed by atoms with E-state index < -0.39 is 23.2 Å². The number of hydrazone groups is 1. The molecule has 10 heteroatoms. The molecule has 2 aromatic rings. The molecular formula is C12H13N7O3. The van der Waals surface area contributed by atoms with Gasteiger partial charge < -0.3 is 5.32 Å². The van der Waals surface area contributed by atoms with E-state index in [0.717, 1.165) is 5.56 Å². The minimum absolute atomic E-state index is 0.168. The van der Waals surface area contributed by atoms with Crippen LogP contribution in [-0.4, -0.2) is 38.3 Å². The van der Waals surface area contributed by atoms with Gasteiger partial charge in [0.1, 0.15) is 6.04 Å². The molecule has 114 valence electrons. The number of H-pyrrole nitrogens is 2. The zero-order chi connectivity index (χ0) is 15.9. The lowest BCUT2D eigenvalue weighted by molar-refractivity contribution is -0.121. The number of hydrogen-bond donors (Lipinski definition) is 4. The summed E-state index contributed by atoms with van der Waals surface area (Å²) in [4.78, 5) is 39.9. The molecule has 0 saturated carbocycles. The number of aromatic amines is 2. The minimum atomic E-state index is -0.787. The molecule has 1 atom stereocenters. The van der Waals surface area contributed by atoms with Gasteiger partial charge in [-0.15, -0.1) is 5.10 Å². The Bertz CT molecular complexity index is 781. The standard InChI is InChI=1S/C12H13N7O3/c1-7(15-9-11(21)16-12(22)19-17-9)10(20)18-14-6-8-3-2-4-13-5-8/h2-7H,1H3,(H,15,17)(H,18,20)(H2,16,19,21,22)/t7-/m0/s1. The summed E-state index contributed by atoms with van der Waals surface area (Å²) in [5, 5.41) is 11.9. The van der Waals surface area contributed by atoms with Crippen LogP contribution in [0, 0.1) is 0 Å². The van der Waals surface area contributed by atoms with Crippen molar-refractivity contribution in [2.75, 3.05) is 5.32 Å². The third-order valence-electron chi connectivity index (χ3n) is 2.53. The first-order valence-corrected chi connectivity index (χ1v) is 6.25. The first-order valence-electron chi connectivity index (χ1n) is 6.25. The molecule has 0 fully saturated rings. The summed E-state index contributed by atoms with van der Waals surface area (Å²) in [6.07, 6.45) is 4.64. The van der Waals surface area contributed by atoms with Crippen molar-refractivity contribution in [3.8, 4) is 0 Å². The molecule has 0 aliphatic rings. The maximum atomic E-state index is 11.8. The van der Waals surface area contributed by atoms with Crippen molar-refractivity contribution in [2.24, 2.45) is 5.10 Å². The minimum Gasteiger partial charge on any atom is -0.353 e. The number of nitrogens with one attached hydrogen (secondary N) is 4. The SMILES string of the molecule is C[C@H](Nc1n[nH]c(=O)[nH]c1=O)C(=O)NN=Cc1cccnc1. The van der Waals surface area contributed by atoms with Crippen molar-refractivity contribution in [1.29, 1.82) is 0 Å². The summed E-state index contributed by atoms with van der Waals surface area (Å²) < 4.78 is 0. The van der Waals surface area contributed by atoms with Gasteiger partial charge in [-0.25, -0.2) is 15.3 Å². The molecule has 0 radical (unpaired) electrons. The van der Waals surface area contributed by atoms with Crippen molar-refractivity contribution >= 4 is 17.9 Å². The Morgan fingerprint density at radius 1 is 1.45 bits per heavy atom. The molecule has 1 amide bonds. The van der Waals surface area contributed by atoms with Crippen LogP contribution < -0.4 is 22.0 Å². The molecule has 10 nitrogen and oxygen atoms in total. The Labute approximate surface area is 123 Å². The summed E-state index contributed by atoms with van der Waals surface area (Å²) in [6, 6.07) is 2.72. The van der Waals surface area contributed by atoms with Gasteiger partial charge in [0.05, 0.1) is 6.21 Å². The van der Waals surface area contributed by atoms with E-state index in [1.807, 2.05) is 4.98 Å². The van der Waals surface area contributed by atoms with Crippen LogP contribution in [0.3, 0.4) is 0 Å². The fraction of sp³-hybridized carbons (Fsp3) is 0.167. The lowest BCUT2D eigenvalue weighted by atomic mass is 10.3. The molecule has 2 heterocycles. The van der Waals surface area contributed by atoms with Crippen molar-refractivity contribution < 1.29 is 4.79 Å². The molecule has 0 unspecified atom stereocenters. The van der Waals surface area contributed by atoms with Crippen LogP contribution >= 0.6 is 0 Å². The van der Waals surface area contributed by atoms with Crippen molar-refractivity contribution in [3.05, 3.63) is 50.9 Å². The molecule has 0 saturated heterocycles. The number of hydrogen-bond acceptors (Lipinski definition) is 7. The smallest absolute Gasteiger partial charge is 0.342 e. The topological polar surface area (TPSA) is 145 Å². The third kappa shape index (κ3) is 4.10. The zero-order valence-corrected chi connectivity index (χ0v) is 11.5. The highest BCUT2D eigenvalue weighted by atomic mass is 16.2. The fourth-order valence-electron chi connectivity index (χ4n) is 1.44. The van der Waals surface area contributed by atoms with Crippen LogP contribution in [0.15, 0.2) is 39.2 Å². The van der Waals surface area contributed by atoms with Gasteiger partial charge in [0.2, 0.25) is 5.82 Å². The van der Waals surface area contributed by atoms with E-state index >= 15 is 0 Å². The van der Waals surface area contributed by atoms with Gasteiger partial charge in [0.15, 0.2) is 0 Å². The largest absolute Gasteiger partial charge is 0.353 e. The number of anilines is 1. The second-order valence-electron chi connectivity index (χ2n) is 4.24. The van der Waals surface area contributed by atoms with Gasteiger partial charge in [-0.1, -0.05) is 6.07 Å².